The zero-order valence-electron chi connectivity index (χ0n) is 6.99. The van der Waals surface area contributed by atoms with Crippen LogP contribution in [0.2, 0.25) is 0 Å². The van der Waals surface area contributed by atoms with Gasteiger partial charge < -0.3 is 19.6 Å². The molecule has 0 heterocycles. The molecule has 0 spiro atoms. The molecule has 14 heavy (non-hydrogen) atoms. The maximum Gasteiger partial charge on any atom is 0.345 e. The molecule has 0 rings (SSSR count). The molecule has 0 aliphatic heterocycles. The predicted octanol–water partition coefficient (Wildman–Crippen LogP) is -0.654. The van der Waals surface area contributed by atoms with E-state index in [9.17, 15) is 14.2 Å². The summed E-state index contributed by atoms with van der Waals surface area (Å²) in [6, 6.07) is 0. The predicted molar refractivity (Wildman–Crippen MR) is 44.6 cm³/mol. The van der Waals surface area contributed by atoms with E-state index in [4.69, 9.17) is 14.9 Å². The smallest absolute Gasteiger partial charge is 0.345 e. The lowest BCUT2D eigenvalue weighted by atomic mass is 10.4. The number of aliphatic carboxylic acids is 1. The highest BCUT2D eigenvalue weighted by molar-refractivity contribution is 7.51. The Labute approximate surface area is 79.2 Å². The van der Waals surface area contributed by atoms with Crippen LogP contribution in [0.1, 0.15) is 0 Å². The molecule has 80 valence electrons. The van der Waals surface area contributed by atoms with Gasteiger partial charge in [-0.05, 0) is 0 Å². The third kappa shape index (κ3) is 5.47. The van der Waals surface area contributed by atoms with Crippen LogP contribution in [0, 0.1) is 0 Å². The Morgan fingerprint density at radius 2 is 2.00 bits per heavy atom. The fourth-order valence-electron chi connectivity index (χ4n) is 0.570. The van der Waals surface area contributed by atoms with Crippen molar-refractivity contribution in [2.45, 2.75) is 6.10 Å². The lowest BCUT2D eigenvalue weighted by molar-refractivity contribution is -0.159. The van der Waals surface area contributed by atoms with E-state index in [-0.39, 0.29) is 0 Å². The summed E-state index contributed by atoms with van der Waals surface area (Å²) in [4.78, 5) is 37.8. The molecule has 7 nitrogen and oxygen atoms in total. The Hall–Kier alpha value is -1.17. The normalized spacial score (nSPS) is 13.0. The van der Waals surface area contributed by atoms with Crippen LogP contribution in [0.25, 0.3) is 0 Å². The summed E-state index contributed by atoms with van der Waals surface area (Å²) >= 11 is 0. The van der Waals surface area contributed by atoms with Gasteiger partial charge in [0, 0.05) is 6.08 Å². The van der Waals surface area contributed by atoms with Crippen molar-refractivity contribution in [2.75, 3.05) is 6.16 Å². The zero-order chi connectivity index (χ0) is 11.4. The fraction of sp³-hybridized carbons (Fsp3) is 0.333. The number of carbonyl (C=O) groups excluding carboxylic acids is 1. The molecule has 0 radical (unpaired) electrons. The van der Waals surface area contributed by atoms with Gasteiger partial charge in [-0.25, -0.2) is 9.59 Å². The molecule has 1 unspecified atom stereocenters. The van der Waals surface area contributed by atoms with Crippen LogP contribution in [0.15, 0.2) is 12.7 Å². The van der Waals surface area contributed by atoms with Crippen molar-refractivity contribution in [3.8, 4) is 0 Å². The van der Waals surface area contributed by atoms with Gasteiger partial charge in [0.1, 0.15) is 0 Å². The minimum absolute atomic E-state index is 0.704. The first kappa shape index (κ1) is 12.8. The molecule has 0 fully saturated rings. The van der Waals surface area contributed by atoms with E-state index in [0.717, 1.165) is 0 Å². The van der Waals surface area contributed by atoms with E-state index in [0.29, 0.717) is 6.08 Å². The molecule has 0 aromatic heterocycles. The van der Waals surface area contributed by atoms with Crippen LogP contribution >= 0.6 is 7.60 Å². The van der Waals surface area contributed by atoms with Crippen molar-refractivity contribution in [1.29, 1.82) is 0 Å². The third-order valence-electron chi connectivity index (χ3n) is 1.10. The van der Waals surface area contributed by atoms with Gasteiger partial charge >= 0.3 is 19.5 Å². The Balaban J connectivity index is 4.46. The summed E-state index contributed by atoms with van der Waals surface area (Å²) < 4.78 is 14.6. The van der Waals surface area contributed by atoms with Crippen molar-refractivity contribution in [3.05, 3.63) is 12.7 Å². The lowest BCUT2D eigenvalue weighted by Crippen LogP contribution is -2.29. The molecule has 0 saturated heterocycles. The Morgan fingerprint density at radius 1 is 1.50 bits per heavy atom. The second-order valence-corrected chi connectivity index (χ2v) is 4.01. The number of esters is 1. The average Bonchev–Trinajstić information content (AvgIpc) is 2.00. The van der Waals surface area contributed by atoms with Crippen LogP contribution in [-0.2, 0) is 18.9 Å². The number of carboxylic acids is 1. The number of rotatable bonds is 5. The summed E-state index contributed by atoms with van der Waals surface area (Å²) in [5, 5.41) is 8.43. The highest BCUT2D eigenvalue weighted by Crippen LogP contribution is 2.35. The fourth-order valence-corrected chi connectivity index (χ4v) is 1.23. The Kier molecular flexibility index (Phi) is 4.49. The van der Waals surface area contributed by atoms with Gasteiger partial charge in [0.05, 0.1) is 6.16 Å². The van der Waals surface area contributed by atoms with E-state index in [2.05, 4.69) is 11.3 Å². The first-order chi connectivity index (χ1) is 6.26. The lowest BCUT2D eigenvalue weighted by Gasteiger charge is -2.12. The van der Waals surface area contributed by atoms with Crippen LogP contribution < -0.4 is 0 Å². The second-order valence-electron chi connectivity index (χ2n) is 2.32. The minimum Gasteiger partial charge on any atom is -0.478 e. The van der Waals surface area contributed by atoms with Crippen molar-refractivity contribution in [3.63, 3.8) is 0 Å². The topological polar surface area (TPSA) is 121 Å². The Morgan fingerprint density at radius 3 is 2.29 bits per heavy atom. The molecular weight excluding hydrogens is 215 g/mol. The molecule has 0 aromatic rings. The summed E-state index contributed by atoms with van der Waals surface area (Å²) in [5.74, 6) is -2.67. The second kappa shape index (κ2) is 4.90. The van der Waals surface area contributed by atoms with Gasteiger partial charge in [-0.2, -0.15) is 0 Å². The van der Waals surface area contributed by atoms with E-state index in [1.54, 1.807) is 0 Å². The summed E-state index contributed by atoms with van der Waals surface area (Å²) in [6.07, 6.45) is -2.21. The zero-order valence-corrected chi connectivity index (χ0v) is 7.89. The quantitative estimate of drug-likeness (QED) is 0.322. The number of hydrogen-bond donors (Lipinski definition) is 3. The molecule has 0 aromatic carbocycles. The van der Waals surface area contributed by atoms with Gasteiger partial charge in [-0.15, -0.1) is 0 Å². The van der Waals surface area contributed by atoms with Gasteiger partial charge in [0.15, 0.2) is 0 Å². The SMILES string of the molecule is C=CC(=O)OC(CP(=O)(O)O)C(=O)O. The van der Waals surface area contributed by atoms with Crippen LogP contribution in [0.4, 0.5) is 0 Å². The first-order valence-electron chi connectivity index (χ1n) is 3.36. The van der Waals surface area contributed by atoms with E-state index >= 15 is 0 Å². The monoisotopic (exact) mass is 224 g/mol. The number of ether oxygens (including phenoxy) is 1. The minimum atomic E-state index is -4.53. The largest absolute Gasteiger partial charge is 0.478 e. The highest BCUT2D eigenvalue weighted by atomic mass is 31.2. The number of hydrogen-bond acceptors (Lipinski definition) is 4. The summed E-state index contributed by atoms with van der Waals surface area (Å²) in [5.41, 5.74) is 0. The van der Waals surface area contributed by atoms with Gasteiger partial charge in [-0.1, -0.05) is 6.58 Å². The molecule has 0 aliphatic rings. The molecule has 0 amide bonds. The van der Waals surface area contributed by atoms with E-state index < -0.39 is 31.8 Å². The van der Waals surface area contributed by atoms with Gasteiger partial charge in [-0.3, -0.25) is 4.57 Å². The van der Waals surface area contributed by atoms with Crippen molar-refractivity contribution < 1.29 is 33.8 Å². The van der Waals surface area contributed by atoms with Crippen molar-refractivity contribution >= 4 is 19.5 Å². The van der Waals surface area contributed by atoms with Crippen LogP contribution in [0.3, 0.4) is 0 Å². The summed E-state index contributed by atoms with van der Waals surface area (Å²) in [7, 11) is -4.53. The van der Waals surface area contributed by atoms with Crippen LogP contribution in [0.5, 0.6) is 0 Å². The standard InChI is InChI=1S/C6H9O7P/c1-2-5(7)13-4(6(8)9)3-14(10,11)12/h2,4H,1,3H2,(H,8,9)(H2,10,11,12). The maximum atomic E-state index is 10.6. The molecule has 1 atom stereocenters. The van der Waals surface area contributed by atoms with Gasteiger partial charge in [0.25, 0.3) is 0 Å². The molecule has 0 saturated carbocycles. The Bertz CT molecular complexity index is 291. The van der Waals surface area contributed by atoms with Crippen LogP contribution in [-0.4, -0.2) is 39.1 Å². The molecule has 0 bridgehead atoms. The first-order valence-corrected chi connectivity index (χ1v) is 5.16. The van der Waals surface area contributed by atoms with Crippen molar-refractivity contribution in [1.82, 2.24) is 0 Å². The summed E-state index contributed by atoms with van der Waals surface area (Å²) in [6.45, 7) is 3.01. The number of carbonyl (C=O) groups is 2. The average molecular weight is 224 g/mol. The van der Waals surface area contributed by atoms with Gasteiger partial charge in [0.2, 0.25) is 6.10 Å². The molecule has 0 aliphatic carbocycles. The third-order valence-corrected chi connectivity index (χ3v) is 1.91. The molecule has 8 heteroatoms. The van der Waals surface area contributed by atoms with E-state index in [1.807, 2.05) is 0 Å². The number of carboxylic acid groups (broad SMARTS) is 1. The maximum absolute atomic E-state index is 10.6. The van der Waals surface area contributed by atoms with E-state index in [1.165, 1.54) is 0 Å². The molecule has 3 N–H and O–H groups in total. The van der Waals surface area contributed by atoms with Crippen molar-refractivity contribution in [2.24, 2.45) is 0 Å². The molecular formula is C6H9O7P. The highest BCUT2D eigenvalue weighted by Gasteiger charge is 2.29.